The molecule has 3 aromatic rings. The van der Waals surface area contributed by atoms with Crippen molar-refractivity contribution in [3.63, 3.8) is 0 Å². The predicted molar refractivity (Wildman–Crippen MR) is 142 cm³/mol. The summed E-state index contributed by atoms with van der Waals surface area (Å²) in [4.78, 5) is 56.7. The molecule has 0 aromatic carbocycles. The van der Waals surface area contributed by atoms with Gasteiger partial charge in [-0.2, -0.15) is 0 Å². The zero-order valence-corrected chi connectivity index (χ0v) is 22.1. The van der Waals surface area contributed by atoms with Gasteiger partial charge in [-0.25, -0.2) is 9.78 Å². The average molecular weight is 517 g/mol. The second-order valence-electron chi connectivity index (χ2n) is 10.7. The number of aliphatic hydroxyl groups is 1. The first-order valence-corrected chi connectivity index (χ1v) is 12.8. The molecule has 0 bridgehead atoms. The van der Waals surface area contributed by atoms with Crippen molar-refractivity contribution >= 4 is 34.4 Å². The van der Waals surface area contributed by atoms with Crippen molar-refractivity contribution in [1.82, 2.24) is 24.8 Å². The second-order valence-corrected chi connectivity index (χ2v) is 10.7. The van der Waals surface area contributed by atoms with E-state index in [1.54, 1.807) is 29.2 Å². The SMILES string of the molecule is CC(=O)Cc1ccc(-c2ccc3ncc4c(c3n2)N(C2CCN(C(=O)C(C)(C)O)CC2)C(=O)N(C)C4)cn1. The third-order valence-corrected chi connectivity index (χ3v) is 7.13. The molecule has 5 rings (SSSR count). The van der Waals surface area contributed by atoms with Gasteiger partial charge in [-0.05, 0) is 57.9 Å². The van der Waals surface area contributed by atoms with Gasteiger partial charge < -0.3 is 14.9 Å². The molecule has 10 heteroatoms. The summed E-state index contributed by atoms with van der Waals surface area (Å²) in [5, 5.41) is 10.2. The first-order chi connectivity index (χ1) is 18.0. The molecule has 1 N–H and O–H groups in total. The molecule has 38 heavy (non-hydrogen) atoms. The van der Waals surface area contributed by atoms with Crippen LogP contribution in [0.15, 0.2) is 36.7 Å². The van der Waals surface area contributed by atoms with E-state index in [4.69, 9.17) is 4.98 Å². The lowest BCUT2D eigenvalue weighted by Crippen LogP contribution is -2.56. The quantitative estimate of drug-likeness (QED) is 0.554. The Morgan fingerprint density at radius 2 is 1.82 bits per heavy atom. The zero-order valence-electron chi connectivity index (χ0n) is 22.1. The lowest BCUT2D eigenvalue weighted by molar-refractivity contribution is -0.148. The predicted octanol–water partition coefficient (Wildman–Crippen LogP) is 2.96. The molecule has 3 amide bonds. The average Bonchev–Trinajstić information content (AvgIpc) is 2.88. The van der Waals surface area contributed by atoms with Gasteiger partial charge in [0.15, 0.2) is 0 Å². The van der Waals surface area contributed by atoms with E-state index in [2.05, 4.69) is 9.97 Å². The number of hydrogen-bond acceptors (Lipinski definition) is 7. The molecule has 2 aliphatic rings. The van der Waals surface area contributed by atoms with Gasteiger partial charge in [0.25, 0.3) is 5.91 Å². The smallest absolute Gasteiger partial charge is 0.324 e. The lowest BCUT2D eigenvalue weighted by atomic mass is 9.98. The summed E-state index contributed by atoms with van der Waals surface area (Å²) in [6, 6.07) is 7.26. The van der Waals surface area contributed by atoms with Gasteiger partial charge in [-0.3, -0.25) is 24.5 Å². The van der Waals surface area contributed by atoms with Crippen LogP contribution >= 0.6 is 0 Å². The standard InChI is InChI=1S/C28H32N6O4/c1-17(35)13-20-6-5-18(14-29-20)22-7-8-23-24(31-22)25-19(15-30-23)16-32(4)27(37)34(25)21-9-11-33(12-10-21)26(36)28(2,3)38/h5-8,14-15,21,38H,9-13,16H2,1-4H3. The first kappa shape index (κ1) is 25.7. The van der Waals surface area contributed by atoms with Gasteiger partial charge in [-0.1, -0.05) is 0 Å². The van der Waals surface area contributed by atoms with Crippen molar-refractivity contribution < 1.29 is 19.5 Å². The Hall–Kier alpha value is -3.92. The van der Waals surface area contributed by atoms with E-state index in [0.717, 1.165) is 16.8 Å². The number of likely N-dealkylation sites (tertiary alicyclic amines) is 1. The highest BCUT2D eigenvalue weighted by Crippen LogP contribution is 2.38. The molecule has 10 nitrogen and oxygen atoms in total. The Labute approximate surface area is 221 Å². The van der Waals surface area contributed by atoms with Crippen molar-refractivity contribution in [3.8, 4) is 11.3 Å². The maximum atomic E-state index is 13.5. The molecule has 1 fully saturated rings. The lowest BCUT2D eigenvalue weighted by Gasteiger charge is -2.43. The minimum atomic E-state index is -1.43. The Kier molecular flexibility index (Phi) is 6.60. The van der Waals surface area contributed by atoms with Crippen molar-refractivity contribution in [2.75, 3.05) is 25.0 Å². The summed E-state index contributed by atoms with van der Waals surface area (Å²) in [6.45, 7) is 5.87. The molecule has 0 radical (unpaired) electrons. The van der Waals surface area contributed by atoms with Crippen LogP contribution in [0.3, 0.4) is 0 Å². The summed E-state index contributed by atoms with van der Waals surface area (Å²) in [5.41, 5.74) is 3.78. The number of rotatable bonds is 5. The highest BCUT2D eigenvalue weighted by Gasteiger charge is 2.39. The number of aromatic nitrogens is 3. The highest BCUT2D eigenvalue weighted by molar-refractivity contribution is 6.04. The van der Waals surface area contributed by atoms with Gasteiger partial charge in [-0.15, -0.1) is 0 Å². The van der Waals surface area contributed by atoms with E-state index in [1.165, 1.54) is 20.8 Å². The van der Waals surface area contributed by atoms with E-state index >= 15 is 0 Å². The van der Waals surface area contributed by atoms with Crippen molar-refractivity contribution in [2.24, 2.45) is 0 Å². The third-order valence-electron chi connectivity index (χ3n) is 7.13. The number of hydrogen-bond donors (Lipinski definition) is 1. The number of pyridine rings is 3. The number of ketones is 1. The normalized spacial score (nSPS) is 16.7. The van der Waals surface area contributed by atoms with E-state index in [-0.39, 0.29) is 30.2 Å². The Morgan fingerprint density at radius 1 is 1.08 bits per heavy atom. The van der Waals surface area contributed by atoms with Crippen LogP contribution in [0.25, 0.3) is 22.3 Å². The molecule has 0 atom stereocenters. The monoisotopic (exact) mass is 516 g/mol. The number of amides is 3. The number of piperidine rings is 1. The molecule has 0 aliphatic carbocycles. The summed E-state index contributed by atoms with van der Waals surface area (Å²) in [5.74, 6) is -0.251. The number of carbonyl (C=O) groups is 3. The van der Waals surface area contributed by atoms with Gasteiger partial charge in [0.05, 0.1) is 23.4 Å². The van der Waals surface area contributed by atoms with Gasteiger partial charge in [0.2, 0.25) is 0 Å². The van der Waals surface area contributed by atoms with Crippen LogP contribution < -0.4 is 4.90 Å². The number of anilines is 1. The van der Waals surface area contributed by atoms with Crippen LogP contribution in [-0.4, -0.2) is 79.4 Å². The molecule has 0 saturated carbocycles. The Morgan fingerprint density at radius 3 is 2.45 bits per heavy atom. The van der Waals surface area contributed by atoms with Crippen molar-refractivity contribution in [2.45, 2.75) is 58.2 Å². The fourth-order valence-electron chi connectivity index (χ4n) is 5.23. The Balaban J connectivity index is 1.51. The van der Waals surface area contributed by atoms with Crippen LogP contribution in [0.4, 0.5) is 10.5 Å². The second kappa shape index (κ2) is 9.75. The molecule has 3 aromatic heterocycles. The third kappa shape index (κ3) is 4.83. The maximum Gasteiger partial charge on any atom is 0.324 e. The van der Waals surface area contributed by atoms with Crippen molar-refractivity contribution in [3.05, 3.63) is 47.9 Å². The molecular weight excluding hydrogens is 484 g/mol. The van der Waals surface area contributed by atoms with Crippen LogP contribution in [0.5, 0.6) is 0 Å². The van der Waals surface area contributed by atoms with E-state index in [1.807, 2.05) is 29.2 Å². The largest absolute Gasteiger partial charge is 0.381 e. The van der Waals surface area contributed by atoms with Crippen LogP contribution in [0.1, 0.15) is 44.9 Å². The maximum absolute atomic E-state index is 13.5. The fourth-order valence-corrected chi connectivity index (χ4v) is 5.23. The number of Topliss-reactive ketones (excluding diaryl/α,β-unsaturated/α-hetero) is 1. The summed E-state index contributed by atoms with van der Waals surface area (Å²) < 4.78 is 0. The summed E-state index contributed by atoms with van der Waals surface area (Å²) in [7, 11) is 1.77. The highest BCUT2D eigenvalue weighted by atomic mass is 16.3. The number of nitrogens with zero attached hydrogens (tertiary/aromatic N) is 6. The van der Waals surface area contributed by atoms with E-state index in [0.29, 0.717) is 54.9 Å². The van der Waals surface area contributed by atoms with Gasteiger partial charge in [0, 0.05) is 61.8 Å². The van der Waals surface area contributed by atoms with Crippen LogP contribution in [-0.2, 0) is 22.6 Å². The summed E-state index contributed by atoms with van der Waals surface area (Å²) in [6.07, 6.45) is 4.98. The first-order valence-electron chi connectivity index (χ1n) is 12.8. The van der Waals surface area contributed by atoms with Gasteiger partial charge >= 0.3 is 6.03 Å². The molecule has 1 saturated heterocycles. The van der Waals surface area contributed by atoms with Crippen molar-refractivity contribution in [1.29, 1.82) is 0 Å². The number of urea groups is 1. The van der Waals surface area contributed by atoms with E-state index in [9.17, 15) is 19.5 Å². The Bertz CT molecular complexity index is 1410. The molecule has 0 spiro atoms. The topological polar surface area (TPSA) is 120 Å². The number of fused-ring (bicyclic) bond motifs is 3. The molecule has 5 heterocycles. The molecule has 198 valence electrons. The van der Waals surface area contributed by atoms with E-state index < -0.39 is 5.60 Å². The molecular formula is C28H32N6O4. The fraction of sp³-hybridized carbons (Fsp3) is 0.429. The minimum Gasteiger partial charge on any atom is -0.381 e. The van der Waals surface area contributed by atoms with Crippen LogP contribution in [0, 0.1) is 0 Å². The van der Waals surface area contributed by atoms with Crippen LogP contribution in [0.2, 0.25) is 0 Å². The molecule has 2 aliphatic heterocycles. The zero-order chi connectivity index (χ0) is 27.2. The van der Waals surface area contributed by atoms with Gasteiger partial charge in [0.1, 0.15) is 16.9 Å². The number of carbonyl (C=O) groups excluding carboxylic acids is 3. The minimum absolute atomic E-state index is 0.0526. The molecule has 0 unspecified atom stereocenters. The summed E-state index contributed by atoms with van der Waals surface area (Å²) >= 11 is 0.